The second kappa shape index (κ2) is 71.3. The molecule has 3 unspecified atom stereocenters. The summed E-state index contributed by atoms with van der Waals surface area (Å²) < 4.78 is 0. The van der Waals surface area contributed by atoms with Crippen molar-refractivity contribution in [3.05, 3.63) is 0 Å². The Bertz CT molecular complexity index is 1400. The topological polar surface area (TPSA) is 0 Å². The van der Waals surface area contributed by atoms with Gasteiger partial charge in [0.15, 0.2) is 0 Å². The highest BCUT2D eigenvalue weighted by atomic mass is 14.6. The summed E-state index contributed by atoms with van der Waals surface area (Å²) in [7, 11) is 0. The molecule has 0 saturated heterocycles. The molecule has 0 radical (unpaired) electrons. The Morgan fingerprint density at radius 2 is 0.724 bits per heavy atom. The number of hydrogen-bond donors (Lipinski definition) is 0. The number of unbranched alkanes of at least 4 members (excludes halogenated alkanes) is 6. The lowest BCUT2D eigenvalue weighted by molar-refractivity contribution is 0.190. The van der Waals surface area contributed by atoms with Crippen molar-refractivity contribution in [2.75, 3.05) is 0 Å². The van der Waals surface area contributed by atoms with E-state index in [1.54, 1.807) is 19.3 Å². The van der Waals surface area contributed by atoms with Gasteiger partial charge in [0.25, 0.3) is 0 Å². The molecule has 0 bridgehead atoms. The molecule has 7 atom stereocenters. The summed E-state index contributed by atoms with van der Waals surface area (Å²) in [6.45, 7) is 86.7. The standard InChI is InChI=1S/8C7H16.C6H10.6C6H12/c1-6(2)5-7(3)4;1-5-6-7(2,3)4;1-5-7(4)6(2)3;2*1-4-5-6-7(2)3;2*1-4-6-7(3)5-2;1-3-5-7-6-4-2;1-5-4-6(5)2-3-6;1-5-4-6(5,2)3;1-5-3-6(2)4-5;1-6(2)4-3-5-6;1-5-3-4-6(5)2;1-6-4-2-3-5-6;1-2-6-4-3-5-6/h6-7H,5H2,1-4H3;5-6H2,1-4H3;6-7H,5H2,1-4H3;4*7H,4-6H2,1-3H3;3-7H2,1-2H3;5H,2-4H2,1H3;5H,4H2,1-3H3;5-6H,3-4H2,1-2H3;3-5H2,1-2H3;5-6H,3-4H2,1-2H3;2*6H,2-5H2,1H3/t;;7-;;;7-;;;5-;;;;5-,6?;;/m..0..1..0...1../s1. The Morgan fingerprint density at radius 3 is 0.776 bits per heavy atom. The summed E-state index contributed by atoms with van der Waals surface area (Å²) in [6.07, 6.45) is 57.0. The monoisotopic (exact) mass is 1390 g/mol. The van der Waals surface area contributed by atoms with Crippen LogP contribution in [0.5, 0.6) is 0 Å². The van der Waals surface area contributed by atoms with Crippen LogP contribution in [0.15, 0.2) is 0 Å². The van der Waals surface area contributed by atoms with E-state index in [9.17, 15) is 0 Å². The van der Waals surface area contributed by atoms with E-state index in [1.807, 2.05) is 0 Å². The van der Waals surface area contributed by atoms with Gasteiger partial charge in [-0.05, 0) is 181 Å². The molecular formula is C98H210. The van der Waals surface area contributed by atoms with Crippen LogP contribution in [0.1, 0.15) is 520 Å². The average molecular weight is 1390 g/mol. The molecule has 8 rings (SSSR count). The van der Waals surface area contributed by atoms with Crippen molar-refractivity contribution in [1.82, 2.24) is 0 Å². The van der Waals surface area contributed by atoms with E-state index in [2.05, 4.69) is 263 Å². The zero-order valence-corrected chi connectivity index (χ0v) is 77.5. The van der Waals surface area contributed by atoms with E-state index in [0.29, 0.717) is 10.8 Å². The molecule has 0 heterocycles. The van der Waals surface area contributed by atoms with E-state index in [4.69, 9.17) is 0 Å². The Hall–Kier alpha value is 0. The SMILES string of the molecule is CC(C)CC(C)C.CC1(C)CCC1.CC1CC(C)C1.CC1CC1(C)C.CC1CCCC1.CC1CC[C@H]1C.CCC1CCC1.CCCC(C)(C)C.CCCC(C)CC.CCCCC(C)C.CCCCC(C)C.CCCCCCC.CCC[C@H](C)CC.CC[C@H](C)C(C)C.C[C@H]1CC12CC2. The molecule has 98 heavy (non-hydrogen) atoms. The second-order valence-corrected chi connectivity index (χ2v) is 39.6. The first-order valence-electron chi connectivity index (χ1n) is 45.5. The minimum absolute atomic E-state index is 0.550. The van der Waals surface area contributed by atoms with Gasteiger partial charge in [-0.3, -0.25) is 0 Å². The predicted molar refractivity (Wildman–Crippen MR) is 466 cm³/mol. The van der Waals surface area contributed by atoms with Gasteiger partial charge in [0.2, 0.25) is 0 Å². The smallest absolute Gasteiger partial charge is 0.0268 e. The fraction of sp³-hybridized carbons (Fsp3) is 1.00. The van der Waals surface area contributed by atoms with Gasteiger partial charge in [0, 0.05) is 0 Å². The van der Waals surface area contributed by atoms with Crippen LogP contribution < -0.4 is 0 Å². The first-order valence-corrected chi connectivity index (χ1v) is 45.5. The van der Waals surface area contributed by atoms with Gasteiger partial charge in [0.1, 0.15) is 0 Å². The minimum Gasteiger partial charge on any atom is -0.0654 e. The summed E-state index contributed by atoms with van der Waals surface area (Å²) in [5.74, 6) is 15.6. The summed E-state index contributed by atoms with van der Waals surface area (Å²) in [4.78, 5) is 0. The van der Waals surface area contributed by atoms with Crippen LogP contribution in [-0.2, 0) is 0 Å². The van der Waals surface area contributed by atoms with Crippen molar-refractivity contribution in [2.45, 2.75) is 520 Å². The van der Waals surface area contributed by atoms with Gasteiger partial charge in [-0.15, -0.1) is 0 Å². The molecule has 0 aliphatic heterocycles. The Morgan fingerprint density at radius 1 is 0.367 bits per heavy atom. The molecule has 8 aliphatic carbocycles. The van der Waals surface area contributed by atoms with Crippen molar-refractivity contribution in [3.63, 3.8) is 0 Å². The lowest BCUT2D eigenvalue weighted by atomic mass is 9.72. The minimum atomic E-state index is 0.550. The molecule has 1 spiro atoms. The van der Waals surface area contributed by atoms with Gasteiger partial charge in [-0.1, -0.05) is 456 Å². The van der Waals surface area contributed by atoms with E-state index in [0.717, 1.165) is 106 Å². The highest BCUT2D eigenvalue weighted by Crippen LogP contribution is 2.70. The molecule has 0 aromatic rings. The zero-order chi connectivity index (χ0) is 77.5. The second-order valence-electron chi connectivity index (χ2n) is 39.6. The van der Waals surface area contributed by atoms with E-state index < -0.39 is 0 Å². The third-order valence-electron chi connectivity index (χ3n) is 23.5. The van der Waals surface area contributed by atoms with Crippen LogP contribution >= 0.6 is 0 Å². The van der Waals surface area contributed by atoms with Crippen molar-refractivity contribution in [3.8, 4) is 0 Å². The van der Waals surface area contributed by atoms with Gasteiger partial charge < -0.3 is 0 Å². The van der Waals surface area contributed by atoms with Gasteiger partial charge >= 0.3 is 0 Å². The van der Waals surface area contributed by atoms with Crippen LogP contribution in [0.25, 0.3) is 0 Å². The van der Waals surface area contributed by atoms with Crippen molar-refractivity contribution in [2.24, 2.45) is 116 Å². The first-order chi connectivity index (χ1) is 45.5. The third-order valence-corrected chi connectivity index (χ3v) is 23.5. The quantitative estimate of drug-likeness (QED) is 0.0948. The highest BCUT2D eigenvalue weighted by Gasteiger charge is 2.59. The van der Waals surface area contributed by atoms with Gasteiger partial charge in [-0.25, -0.2) is 0 Å². The molecule has 8 saturated carbocycles. The van der Waals surface area contributed by atoms with Gasteiger partial charge in [0.05, 0.1) is 0 Å². The first kappa shape index (κ1) is 111. The Labute approximate surface area is 632 Å². The molecule has 0 aromatic heterocycles. The van der Waals surface area contributed by atoms with E-state index in [1.165, 1.54) is 238 Å². The molecular weight excluding hydrogens is 1180 g/mol. The lowest BCUT2D eigenvalue weighted by Gasteiger charge is -2.33. The molecule has 8 aliphatic rings. The largest absolute Gasteiger partial charge is 0.0654 e. The van der Waals surface area contributed by atoms with Crippen molar-refractivity contribution >= 4 is 0 Å². The number of rotatable bonds is 22. The number of hydrogen-bond acceptors (Lipinski definition) is 0. The highest BCUT2D eigenvalue weighted by molar-refractivity contribution is 5.10. The fourth-order valence-corrected chi connectivity index (χ4v) is 12.7. The van der Waals surface area contributed by atoms with Crippen LogP contribution in [0.2, 0.25) is 0 Å². The molecule has 0 aromatic carbocycles. The molecule has 0 amide bonds. The summed E-state index contributed by atoms with van der Waals surface area (Å²) in [5, 5.41) is 0. The van der Waals surface area contributed by atoms with Gasteiger partial charge in [-0.2, -0.15) is 0 Å². The maximum absolute atomic E-state index is 2.37. The van der Waals surface area contributed by atoms with Crippen LogP contribution in [0, 0.1) is 116 Å². The Kier molecular flexibility index (Phi) is 81.0. The van der Waals surface area contributed by atoms with Crippen molar-refractivity contribution < 1.29 is 0 Å². The van der Waals surface area contributed by atoms with Crippen LogP contribution in [0.4, 0.5) is 0 Å². The van der Waals surface area contributed by atoms with Crippen LogP contribution in [-0.4, -0.2) is 0 Å². The average Bonchev–Trinajstić information content (AvgIpc) is 1.56. The fourth-order valence-electron chi connectivity index (χ4n) is 12.7. The maximum atomic E-state index is 2.37. The normalized spacial score (nSPS) is 22.4. The maximum Gasteiger partial charge on any atom is -0.0268 e. The molecule has 0 nitrogen and oxygen atoms in total. The predicted octanol–water partition coefficient (Wildman–Crippen LogP) is 37.1. The van der Waals surface area contributed by atoms with E-state index >= 15 is 0 Å². The summed E-state index contributed by atoms with van der Waals surface area (Å²) in [6, 6.07) is 0. The molecule has 0 N–H and O–H groups in total. The molecule has 8 fully saturated rings. The zero-order valence-electron chi connectivity index (χ0n) is 77.5. The van der Waals surface area contributed by atoms with Crippen molar-refractivity contribution in [1.29, 1.82) is 0 Å². The third kappa shape index (κ3) is 88.4. The summed E-state index contributed by atoms with van der Waals surface area (Å²) in [5.41, 5.74) is 2.94. The lowest BCUT2D eigenvalue weighted by Crippen LogP contribution is -2.20. The summed E-state index contributed by atoms with van der Waals surface area (Å²) >= 11 is 0. The van der Waals surface area contributed by atoms with E-state index in [-0.39, 0.29) is 0 Å². The van der Waals surface area contributed by atoms with Crippen LogP contribution in [0.3, 0.4) is 0 Å². The molecule has 602 valence electrons. The molecule has 0 heteroatoms. The Balaban J connectivity index is -0.000000181.